The summed E-state index contributed by atoms with van der Waals surface area (Å²) >= 11 is 0. The number of hydrogen-bond donors (Lipinski definition) is 6. The van der Waals surface area contributed by atoms with E-state index in [1.807, 2.05) is 0 Å². The first kappa shape index (κ1) is 19.0. The van der Waals surface area contributed by atoms with Crippen LogP contribution in [0.1, 0.15) is 20.8 Å². The Hall–Kier alpha value is -1.03. The minimum Gasteiger partial charge on any atom is -0.430 e. The van der Waals surface area contributed by atoms with Crippen molar-refractivity contribution in [2.24, 2.45) is 0 Å². The Labute approximate surface area is 116 Å². The van der Waals surface area contributed by atoms with Crippen molar-refractivity contribution in [2.45, 2.75) is 51.5 Å². The van der Waals surface area contributed by atoms with Crippen molar-refractivity contribution in [1.29, 1.82) is 0 Å². The third-order valence-electron chi connectivity index (χ3n) is 2.86. The zero-order valence-electron chi connectivity index (χ0n) is 11.6. The molecule has 0 spiro atoms. The van der Waals surface area contributed by atoms with Crippen LogP contribution in [0.5, 0.6) is 0 Å². The third kappa shape index (κ3) is 5.16. The maximum Gasteiger partial charge on any atom is 0.336 e. The van der Waals surface area contributed by atoms with Crippen molar-refractivity contribution in [1.82, 2.24) is 0 Å². The summed E-state index contributed by atoms with van der Waals surface area (Å²) in [6, 6.07) is 0. The highest BCUT2D eigenvalue weighted by Gasteiger charge is 2.36. The number of esters is 1. The molecule has 0 bridgehead atoms. The fraction of sp³-hybridized carbons (Fsp3) is 0.750. The van der Waals surface area contributed by atoms with Crippen LogP contribution in [-0.4, -0.2) is 73.9 Å². The standard InChI is InChI=1S/C12H22O8/c1-5(2)6(3)11(18)20-12(19)10(17)9(16)8(15)7(14)4-13/h7-10,12-17,19H,4H2,1-3H3/t7-,8-,9+,10+,12?/m1/s1. The molecule has 0 fully saturated rings. The van der Waals surface area contributed by atoms with E-state index >= 15 is 0 Å². The monoisotopic (exact) mass is 294 g/mol. The molecule has 0 radical (unpaired) electrons. The lowest BCUT2D eigenvalue weighted by Crippen LogP contribution is -2.51. The first-order chi connectivity index (χ1) is 9.13. The number of carbonyl (C=O) groups excluding carboxylic acids is 1. The molecule has 8 heteroatoms. The van der Waals surface area contributed by atoms with Crippen molar-refractivity contribution >= 4 is 5.97 Å². The van der Waals surface area contributed by atoms with Crippen LogP contribution in [0.4, 0.5) is 0 Å². The van der Waals surface area contributed by atoms with Crippen molar-refractivity contribution < 1.29 is 40.2 Å². The van der Waals surface area contributed by atoms with Gasteiger partial charge in [0.15, 0.2) is 0 Å². The van der Waals surface area contributed by atoms with Gasteiger partial charge in [0.2, 0.25) is 6.29 Å². The Balaban J connectivity index is 4.67. The number of ether oxygens (including phenoxy) is 1. The maximum atomic E-state index is 11.5. The molecule has 0 aromatic rings. The van der Waals surface area contributed by atoms with E-state index in [2.05, 4.69) is 4.74 Å². The van der Waals surface area contributed by atoms with E-state index in [1.165, 1.54) is 6.92 Å². The molecule has 0 amide bonds. The minimum absolute atomic E-state index is 0.224. The van der Waals surface area contributed by atoms with Crippen LogP contribution >= 0.6 is 0 Å². The Morgan fingerprint density at radius 3 is 1.85 bits per heavy atom. The molecule has 0 aromatic carbocycles. The molecule has 118 valence electrons. The lowest BCUT2D eigenvalue weighted by molar-refractivity contribution is -0.211. The number of aliphatic hydroxyl groups is 6. The zero-order valence-corrected chi connectivity index (χ0v) is 11.6. The summed E-state index contributed by atoms with van der Waals surface area (Å²) in [5.74, 6) is -0.888. The van der Waals surface area contributed by atoms with E-state index in [4.69, 9.17) is 10.2 Å². The molecular weight excluding hydrogens is 272 g/mol. The van der Waals surface area contributed by atoms with Gasteiger partial charge in [-0.3, -0.25) is 0 Å². The highest BCUT2D eigenvalue weighted by Crippen LogP contribution is 2.12. The number of allylic oxidation sites excluding steroid dienone is 1. The molecule has 0 aliphatic rings. The van der Waals surface area contributed by atoms with Gasteiger partial charge in [0.1, 0.15) is 24.4 Å². The largest absolute Gasteiger partial charge is 0.430 e. The fourth-order valence-electron chi connectivity index (χ4n) is 1.18. The normalized spacial score (nSPS) is 18.6. The summed E-state index contributed by atoms with van der Waals surface area (Å²) in [5.41, 5.74) is 0.870. The van der Waals surface area contributed by atoms with E-state index < -0.39 is 43.3 Å². The van der Waals surface area contributed by atoms with Crippen molar-refractivity contribution in [3.8, 4) is 0 Å². The van der Waals surface area contributed by atoms with Gasteiger partial charge in [-0.15, -0.1) is 0 Å². The third-order valence-corrected chi connectivity index (χ3v) is 2.86. The van der Waals surface area contributed by atoms with Gasteiger partial charge in [-0.25, -0.2) is 4.79 Å². The Kier molecular flexibility index (Phi) is 7.87. The van der Waals surface area contributed by atoms with Gasteiger partial charge >= 0.3 is 5.97 Å². The topological polar surface area (TPSA) is 148 Å². The molecule has 0 aliphatic heterocycles. The molecule has 0 aromatic heterocycles. The molecule has 0 saturated carbocycles. The predicted octanol–water partition coefficient (Wildman–Crippen LogP) is -2.36. The van der Waals surface area contributed by atoms with Gasteiger partial charge in [0.05, 0.1) is 6.61 Å². The molecule has 5 atom stereocenters. The van der Waals surface area contributed by atoms with Gasteiger partial charge in [0, 0.05) is 5.57 Å². The van der Waals surface area contributed by atoms with E-state index in [0.29, 0.717) is 5.57 Å². The van der Waals surface area contributed by atoms with Crippen molar-refractivity contribution in [3.63, 3.8) is 0 Å². The van der Waals surface area contributed by atoms with Crippen LogP contribution in [-0.2, 0) is 9.53 Å². The molecule has 0 rings (SSSR count). The second-order valence-electron chi connectivity index (χ2n) is 4.64. The highest BCUT2D eigenvalue weighted by molar-refractivity contribution is 5.88. The molecule has 0 aliphatic carbocycles. The van der Waals surface area contributed by atoms with Crippen LogP contribution in [0.15, 0.2) is 11.1 Å². The number of rotatable bonds is 7. The maximum absolute atomic E-state index is 11.5. The van der Waals surface area contributed by atoms with Crippen LogP contribution in [0.3, 0.4) is 0 Å². The number of hydrogen-bond acceptors (Lipinski definition) is 8. The lowest BCUT2D eigenvalue weighted by Gasteiger charge is -2.28. The van der Waals surface area contributed by atoms with E-state index in [9.17, 15) is 25.2 Å². The Morgan fingerprint density at radius 2 is 1.45 bits per heavy atom. The second kappa shape index (κ2) is 8.30. The Morgan fingerprint density at radius 1 is 0.950 bits per heavy atom. The van der Waals surface area contributed by atoms with Crippen LogP contribution in [0, 0.1) is 0 Å². The van der Waals surface area contributed by atoms with Gasteiger partial charge in [-0.05, 0) is 20.8 Å². The molecule has 20 heavy (non-hydrogen) atoms. The molecule has 0 heterocycles. The zero-order chi connectivity index (χ0) is 16.0. The van der Waals surface area contributed by atoms with E-state index in [0.717, 1.165) is 0 Å². The van der Waals surface area contributed by atoms with E-state index in [-0.39, 0.29) is 5.57 Å². The molecule has 8 nitrogen and oxygen atoms in total. The van der Waals surface area contributed by atoms with Crippen LogP contribution < -0.4 is 0 Å². The summed E-state index contributed by atoms with van der Waals surface area (Å²) in [6.07, 6.45) is -9.76. The van der Waals surface area contributed by atoms with Crippen molar-refractivity contribution in [3.05, 3.63) is 11.1 Å². The van der Waals surface area contributed by atoms with Gasteiger partial charge < -0.3 is 35.4 Å². The molecule has 1 unspecified atom stereocenters. The summed E-state index contributed by atoms with van der Waals surface area (Å²) in [4.78, 5) is 11.5. The summed E-state index contributed by atoms with van der Waals surface area (Å²) in [7, 11) is 0. The fourth-order valence-corrected chi connectivity index (χ4v) is 1.18. The van der Waals surface area contributed by atoms with Crippen LogP contribution in [0.25, 0.3) is 0 Å². The average molecular weight is 294 g/mol. The number of aliphatic hydroxyl groups excluding tert-OH is 6. The van der Waals surface area contributed by atoms with Crippen molar-refractivity contribution in [2.75, 3.05) is 6.61 Å². The lowest BCUT2D eigenvalue weighted by atomic mass is 10.0. The smallest absolute Gasteiger partial charge is 0.336 e. The van der Waals surface area contributed by atoms with Gasteiger partial charge in [-0.2, -0.15) is 0 Å². The summed E-state index contributed by atoms with van der Waals surface area (Å²) in [6.45, 7) is 3.90. The van der Waals surface area contributed by atoms with Crippen LogP contribution in [0.2, 0.25) is 0 Å². The first-order valence-corrected chi connectivity index (χ1v) is 5.99. The van der Waals surface area contributed by atoms with Gasteiger partial charge in [-0.1, -0.05) is 5.57 Å². The highest BCUT2D eigenvalue weighted by atomic mass is 16.6. The molecule has 0 saturated heterocycles. The average Bonchev–Trinajstić information content (AvgIpc) is 2.42. The summed E-state index contributed by atoms with van der Waals surface area (Å²) < 4.78 is 4.51. The summed E-state index contributed by atoms with van der Waals surface area (Å²) in [5, 5.41) is 55.5. The minimum atomic E-state index is -2.09. The second-order valence-corrected chi connectivity index (χ2v) is 4.64. The first-order valence-electron chi connectivity index (χ1n) is 5.99. The Bertz CT molecular complexity index is 349. The SMILES string of the molecule is CC(C)=C(C)C(=O)OC(O)[C@@H](O)[C@@H](O)[C@H](O)[C@H](O)CO. The predicted molar refractivity (Wildman–Crippen MR) is 67.3 cm³/mol. The molecule has 6 N–H and O–H groups in total. The van der Waals surface area contributed by atoms with Gasteiger partial charge in [0.25, 0.3) is 0 Å². The molecular formula is C12H22O8. The quantitative estimate of drug-likeness (QED) is 0.173. The number of carbonyl (C=O) groups is 1. The van der Waals surface area contributed by atoms with E-state index in [1.54, 1.807) is 13.8 Å².